The second kappa shape index (κ2) is 6.38. The number of fused-ring (bicyclic) bond motifs is 3. The summed E-state index contributed by atoms with van der Waals surface area (Å²) in [6.07, 6.45) is 0.973. The third-order valence-corrected chi connectivity index (χ3v) is 6.14. The molecule has 27 heavy (non-hydrogen) atoms. The molecule has 0 aliphatic carbocycles. The van der Waals surface area contributed by atoms with Crippen LogP contribution in [0.2, 0.25) is 0 Å². The summed E-state index contributed by atoms with van der Waals surface area (Å²) in [4.78, 5) is 11.3. The fraction of sp³-hybridized carbons (Fsp3) is 0.435. The third-order valence-electron chi connectivity index (χ3n) is 6.14. The van der Waals surface area contributed by atoms with Gasteiger partial charge in [-0.25, -0.2) is 4.79 Å². The molecule has 4 atom stereocenters. The zero-order valence-electron chi connectivity index (χ0n) is 16.2. The van der Waals surface area contributed by atoms with Crippen LogP contribution in [-0.2, 0) is 4.74 Å². The van der Waals surface area contributed by atoms with Crippen LogP contribution < -0.4 is 4.74 Å². The molecule has 2 aromatic carbocycles. The molecule has 4 rings (SSSR count). The van der Waals surface area contributed by atoms with Crippen molar-refractivity contribution in [3.8, 4) is 5.75 Å². The van der Waals surface area contributed by atoms with Gasteiger partial charge in [0.15, 0.2) is 0 Å². The Hall–Kier alpha value is -2.33. The molecule has 0 aromatic heterocycles. The fourth-order valence-electron chi connectivity index (χ4n) is 4.52. The van der Waals surface area contributed by atoms with E-state index in [-0.39, 0.29) is 23.7 Å². The Labute approximate surface area is 160 Å². The number of hydrogen-bond donors (Lipinski definition) is 1. The average Bonchev–Trinajstić information content (AvgIpc) is 2.61. The maximum atomic E-state index is 11.3. The molecule has 0 radical (unpaired) electrons. The van der Waals surface area contributed by atoms with Crippen molar-refractivity contribution in [2.75, 3.05) is 0 Å². The Morgan fingerprint density at radius 1 is 1.15 bits per heavy atom. The molecule has 0 spiro atoms. The van der Waals surface area contributed by atoms with Crippen molar-refractivity contribution >= 4 is 5.97 Å². The lowest BCUT2D eigenvalue weighted by Gasteiger charge is -2.50. The van der Waals surface area contributed by atoms with Crippen LogP contribution in [-0.4, -0.2) is 22.8 Å². The topological polar surface area (TPSA) is 55.8 Å². The van der Waals surface area contributed by atoms with E-state index in [9.17, 15) is 9.90 Å². The summed E-state index contributed by atoms with van der Waals surface area (Å²) in [5.74, 6) is 0.193. The van der Waals surface area contributed by atoms with Gasteiger partial charge in [-0.2, -0.15) is 0 Å². The molecule has 1 N–H and O–H groups in total. The van der Waals surface area contributed by atoms with Gasteiger partial charge in [-0.1, -0.05) is 35.9 Å². The van der Waals surface area contributed by atoms with E-state index < -0.39 is 11.6 Å². The highest BCUT2D eigenvalue weighted by molar-refractivity contribution is 5.88. The number of carboxylic acids is 1. The summed E-state index contributed by atoms with van der Waals surface area (Å²) in [7, 11) is 0. The zero-order chi connectivity index (χ0) is 19.3. The number of carbonyl (C=O) groups is 1. The van der Waals surface area contributed by atoms with Gasteiger partial charge in [-0.3, -0.25) is 0 Å². The van der Waals surface area contributed by atoms with Crippen molar-refractivity contribution < 1.29 is 19.4 Å². The zero-order valence-corrected chi connectivity index (χ0v) is 16.2. The van der Waals surface area contributed by atoms with Crippen molar-refractivity contribution in [2.45, 2.75) is 57.8 Å². The minimum atomic E-state index is -0.946. The van der Waals surface area contributed by atoms with Gasteiger partial charge in [0.25, 0.3) is 0 Å². The monoisotopic (exact) mass is 366 g/mol. The molecular weight excluding hydrogens is 340 g/mol. The van der Waals surface area contributed by atoms with Gasteiger partial charge >= 0.3 is 5.97 Å². The Kier molecular flexibility index (Phi) is 4.26. The molecule has 2 aliphatic rings. The highest BCUT2D eigenvalue weighted by Crippen LogP contribution is 2.53. The molecule has 0 saturated carbocycles. The lowest BCUT2D eigenvalue weighted by Crippen LogP contribution is -2.50. The van der Waals surface area contributed by atoms with Crippen LogP contribution in [0, 0.1) is 12.8 Å². The minimum Gasteiger partial charge on any atom is -0.487 e. The molecule has 142 valence electrons. The van der Waals surface area contributed by atoms with Crippen LogP contribution in [0.15, 0.2) is 42.5 Å². The van der Waals surface area contributed by atoms with Crippen molar-refractivity contribution in [3.05, 3.63) is 64.7 Å². The van der Waals surface area contributed by atoms with Gasteiger partial charge in [-0.15, -0.1) is 0 Å². The van der Waals surface area contributed by atoms with Gasteiger partial charge in [-0.05, 0) is 51.8 Å². The largest absolute Gasteiger partial charge is 0.487 e. The first-order chi connectivity index (χ1) is 12.8. The first-order valence-electron chi connectivity index (χ1n) is 9.54. The number of benzene rings is 2. The lowest BCUT2D eigenvalue weighted by molar-refractivity contribution is -0.153. The van der Waals surface area contributed by atoms with Crippen LogP contribution in [0.4, 0.5) is 0 Å². The summed E-state index contributed by atoms with van der Waals surface area (Å²) in [6, 6.07) is 13.8. The molecule has 0 amide bonds. The van der Waals surface area contributed by atoms with Crippen molar-refractivity contribution in [3.63, 3.8) is 0 Å². The van der Waals surface area contributed by atoms with Gasteiger partial charge in [0, 0.05) is 17.4 Å². The van der Waals surface area contributed by atoms with E-state index in [2.05, 4.69) is 52.0 Å². The first-order valence-corrected chi connectivity index (χ1v) is 9.54. The maximum absolute atomic E-state index is 11.3. The number of aryl methyl sites for hydroxylation is 1. The summed E-state index contributed by atoms with van der Waals surface area (Å²) in [5.41, 5.74) is 3.32. The second-order valence-electron chi connectivity index (χ2n) is 8.38. The first kappa shape index (κ1) is 18.1. The predicted molar refractivity (Wildman–Crippen MR) is 103 cm³/mol. The summed E-state index contributed by atoms with van der Waals surface area (Å²) in [6.45, 7) is 8.38. The third kappa shape index (κ3) is 3.12. The standard InChI is InChI=1S/C23H26O4/c1-13-5-7-15(8-6-13)18-12-19-21(26-14(18)2)17-10-9-16(22(24)25)11-20(17)27-23(19,3)4/h5-11,14,18-19,21H,12H2,1-4H3,(H,24,25)/t14-,18-,19-,21+/m0/s1. The smallest absolute Gasteiger partial charge is 0.335 e. The lowest BCUT2D eigenvalue weighted by atomic mass is 9.70. The number of ether oxygens (including phenoxy) is 2. The van der Waals surface area contributed by atoms with Crippen LogP contribution in [0.3, 0.4) is 0 Å². The van der Waals surface area contributed by atoms with Gasteiger partial charge in [0.05, 0.1) is 17.8 Å². The second-order valence-corrected chi connectivity index (χ2v) is 8.38. The van der Waals surface area contributed by atoms with E-state index in [0.717, 1.165) is 12.0 Å². The quantitative estimate of drug-likeness (QED) is 0.802. The Morgan fingerprint density at radius 2 is 1.85 bits per heavy atom. The number of aromatic carboxylic acids is 1. The number of rotatable bonds is 2. The van der Waals surface area contributed by atoms with E-state index in [1.165, 1.54) is 11.1 Å². The van der Waals surface area contributed by atoms with Gasteiger partial charge < -0.3 is 14.6 Å². The summed E-state index contributed by atoms with van der Waals surface area (Å²) in [5, 5.41) is 9.28. The average molecular weight is 366 g/mol. The Balaban J connectivity index is 1.70. The van der Waals surface area contributed by atoms with E-state index in [1.807, 2.05) is 6.07 Å². The summed E-state index contributed by atoms with van der Waals surface area (Å²) < 4.78 is 12.8. The van der Waals surface area contributed by atoms with Crippen LogP contribution in [0.5, 0.6) is 5.75 Å². The number of carboxylic acid groups (broad SMARTS) is 1. The molecule has 0 bridgehead atoms. The van der Waals surface area contributed by atoms with E-state index >= 15 is 0 Å². The van der Waals surface area contributed by atoms with Gasteiger partial charge in [0.1, 0.15) is 11.4 Å². The fourth-order valence-corrected chi connectivity index (χ4v) is 4.52. The van der Waals surface area contributed by atoms with E-state index in [0.29, 0.717) is 11.7 Å². The van der Waals surface area contributed by atoms with E-state index in [1.54, 1.807) is 12.1 Å². The molecule has 2 aromatic rings. The molecule has 2 aliphatic heterocycles. The Bertz CT molecular complexity index is 868. The molecule has 1 saturated heterocycles. The van der Waals surface area contributed by atoms with Crippen LogP contribution in [0.1, 0.15) is 66.3 Å². The summed E-state index contributed by atoms with van der Waals surface area (Å²) >= 11 is 0. The van der Waals surface area contributed by atoms with Crippen LogP contribution >= 0.6 is 0 Å². The normalized spacial score (nSPS) is 28.6. The Morgan fingerprint density at radius 3 is 2.52 bits per heavy atom. The SMILES string of the molecule is Cc1ccc([C@H]2C[C@H]3[C@H](O[C@H]2C)c2ccc(C(=O)O)cc2OC3(C)C)cc1. The maximum Gasteiger partial charge on any atom is 0.335 e. The van der Waals surface area contributed by atoms with E-state index in [4.69, 9.17) is 9.47 Å². The van der Waals surface area contributed by atoms with Gasteiger partial charge in [0.2, 0.25) is 0 Å². The molecule has 1 fully saturated rings. The highest BCUT2D eigenvalue weighted by Gasteiger charge is 2.49. The molecule has 4 nitrogen and oxygen atoms in total. The van der Waals surface area contributed by atoms with Crippen molar-refractivity contribution in [1.82, 2.24) is 0 Å². The molecular formula is C23H26O4. The molecule has 4 heteroatoms. The van der Waals surface area contributed by atoms with Crippen LogP contribution in [0.25, 0.3) is 0 Å². The number of hydrogen-bond acceptors (Lipinski definition) is 3. The molecule has 2 heterocycles. The highest BCUT2D eigenvalue weighted by atomic mass is 16.5. The molecule has 0 unspecified atom stereocenters. The van der Waals surface area contributed by atoms with Crippen molar-refractivity contribution in [2.24, 2.45) is 5.92 Å². The minimum absolute atomic E-state index is 0.0786. The van der Waals surface area contributed by atoms with Crippen molar-refractivity contribution in [1.29, 1.82) is 0 Å². The predicted octanol–water partition coefficient (Wildman–Crippen LogP) is 5.11.